The molecular formula is C11H22N2O4. The van der Waals surface area contributed by atoms with Gasteiger partial charge in [-0.25, -0.2) is 4.79 Å². The third-order valence-corrected chi connectivity index (χ3v) is 2.44. The molecule has 0 aliphatic heterocycles. The number of carbonyl (C=O) groups excluding carboxylic acids is 1. The van der Waals surface area contributed by atoms with Crippen molar-refractivity contribution in [3.05, 3.63) is 0 Å². The van der Waals surface area contributed by atoms with E-state index in [0.717, 1.165) is 0 Å². The third kappa shape index (κ3) is 5.65. The Bertz CT molecular complexity index is 273. The van der Waals surface area contributed by atoms with Gasteiger partial charge in [-0.05, 0) is 5.41 Å². The normalized spacial score (nSPS) is 15.1. The molecule has 0 aromatic rings. The van der Waals surface area contributed by atoms with E-state index in [1.807, 2.05) is 20.8 Å². The van der Waals surface area contributed by atoms with Gasteiger partial charge in [0.15, 0.2) is 0 Å². The molecule has 0 saturated heterocycles. The van der Waals surface area contributed by atoms with Crippen LogP contribution in [-0.4, -0.2) is 42.8 Å². The van der Waals surface area contributed by atoms with Gasteiger partial charge in [-0.1, -0.05) is 20.8 Å². The van der Waals surface area contributed by atoms with Crippen molar-refractivity contribution in [1.82, 2.24) is 5.32 Å². The fourth-order valence-corrected chi connectivity index (χ4v) is 1.15. The maximum Gasteiger partial charge on any atom is 0.326 e. The van der Waals surface area contributed by atoms with Gasteiger partial charge in [0, 0.05) is 20.1 Å². The van der Waals surface area contributed by atoms with E-state index in [9.17, 15) is 9.59 Å². The molecule has 0 rings (SSSR count). The van der Waals surface area contributed by atoms with Crippen molar-refractivity contribution >= 4 is 11.9 Å². The molecule has 0 fully saturated rings. The zero-order valence-corrected chi connectivity index (χ0v) is 10.8. The van der Waals surface area contributed by atoms with Gasteiger partial charge in [0.05, 0.1) is 6.04 Å². The summed E-state index contributed by atoms with van der Waals surface area (Å²) < 4.78 is 4.79. The van der Waals surface area contributed by atoms with Gasteiger partial charge < -0.3 is 20.9 Å². The SMILES string of the molecule is COCCC(NC(=O)C(N)C(C)(C)C)C(=O)O. The lowest BCUT2D eigenvalue weighted by atomic mass is 9.87. The maximum absolute atomic E-state index is 11.7. The second-order valence-electron chi connectivity index (χ2n) is 5.02. The van der Waals surface area contributed by atoms with Gasteiger partial charge in [0.25, 0.3) is 0 Å². The molecule has 17 heavy (non-hydrogen) atoms. The number of carboxylic acid groups (broad SMARTS) is 1. The van der Waals surface area contributed by atoms with E-state index in [0.29, 0.717) is 0 Å². The smallest absolute Gasteiger partial charge is 0.326 e. The van der Waals surface area contributed by atoms with E-state index in [4.69, 9.17) is 15.6 Å². The quantitative estimate of drug-likeness (QED) is 0.610. The Kier molecular flexibility index (Phi) is 6.12. The predicted molar refractivity (Wildman–Crippen MR) is 63.5 cm³/mol. The lowest BCUT2D eigenvalue weighted by Crippen LogP contribution is -2.53. The Balaban J connectivity index is 4.45. The average Bonchev–Trinajstić information content (AvgIpc) is 2.20. The highest BCUT2D eigenvalue weighted by atomic mass is 16.5. The molecule has 0 radical (unpaired) electrons. The highest BCUT2D eigenvalue weighted by Gasteiger charge is 2.30. The number of amides is 1. The number of nitrogens with one attached hydrogen (secondary N) is 1. The summed E-state index contributed by atoms with van der Waals surface area (Å²) >= 11 is 0. The molecule has 0 saturated carbocycles. The molecule has 100 valence electrons. The minimum absolute atomic E-state index is 0.217. The van der Waals surface area contributed by atoms with Crippen molar-refractivity contribution in [1.29, 1.82) is 0 Å². The third-order valence-electron chi connectivity index (χ3n) is 2.44. The van der Waals surface area contributed by atoms with Crippen molar-refractivity contribution in [3.63, 3.8) is 0 Å². The van der Waals surface area contributed by atoms with Gasteiger partial charge in [-0.3, -0.25) is 4.79 Å². The summed E-state index contributed by atoms with van der Waals surface area (Å²) in [5.41, 5.74) is 5.33. The van der Waals surface area contributed by atoms with Gasteiger partial charge in [-0.15, -0.1) is 0 Å². The molecule has 0 spiro atoms. The van der Waals surface area contributed by atoms with Crippen LogP contribution in [-0.2, 0) is 14.3 Å². The van der Waals surface area contributed by atoms with Crippen LogP contribution < -0.4 is 11.1 Å². The summed E-state index contributed by atoms with van der Waals surface area (Å²) in [6.45, 7) is 5.73. The molecule has 6 heteroatoms. The number of hydrogen-bond acceptors (Lipinski definition) is 4. The highest BCUT2D eigenvalue weighted by molar-refractivity contribution is 5.87. The molecule has 0 bridgehead atoms. The van der Waals surface area contributed by atoms with Gasteiger partial charge in [0.1, 0.15) is 6.04 Å². The van der Waals surface area contributed by atoms with E-state index >= 15 is 0 Å². The Morgan fingerprint density at radius 3 is 2.29 bits per heavy atom. The summed E-state index contributed by atoms with van der Waals surface area (Å²) in [7, 11) is 1.47. The molecule has 0 aromatic heterocycles. The van der Waals surface area contributed by atoms with Crippen LogP contribution in [0.25, 0.3) is 0 Å². The Labute approximate surface area is 102 Å². The Morgan fingerprint density at radius 1 is 1.41 bits per heavy atom. The number of methoxy groups -OCH3 is 1. The second-order valence-corrected chi connectivity index (χ2v) is 5.02. The lowest BCUT2D eigenvalue weighted by Gasteiger charge is -2.27. The summed E-state index contributed by atoms with van der Waals surface area (Å²) in [4.78, 5) is 22.6. The standard InChI is InChI=1S/C11H22N2O4/c1-11(2,3)8(12)9(14)13-7(10(15)16)5-6-17-4/h7-8H,5-6,12H2,1-4H3,(H,13,14)(H,15,16). The largest absolute Gasteiger partial charge is 0.480 e. The van der Waals surface area contributed by atoms with Gasteiger partial charge >= 0.3 is 5.97 Å². The molecule has 0 aromatic carbocycles. The number of carbonyl (C=O) groups is 2. The summed E-state index contributed by atoms with van der Waals surface area (Å²) in [5.74, 6) is -1.54. The molecule has 0 aliphatic rings. The Hall–Kier alpha value is -1.14. The van der Waals surface area contributed by atoms with E-state index in [1.54, 1.807) is 0 Å². The number of hydrogen-bond donors (Lipinski definition) is 3. The zero-order chi connectivity index (χ0) is 13.6. The molecule has 6 nitrogen and oxygen atoms in total. The summed E-state index contributed by atoms with van der Waals surface area (Å²) in [6, 6.07) is -1.71. The lowest BCUT2D eigenvalue weighted by molar-refractivity contribution is -0.142. The van der Waals surface area contributed by atoms with E-state index < -0.39 is 29.4 Å². The topological polar surface area (TPSA) is 102 Å². The number of nitrogens with two attached hydrogens (primary N) is 1. The van der Waals surface area contributed by atoms with Crippen molar-refractivity contribution in [2.24, 2.45) is 11.1 Å². The first-order valence-electron chi connectivity index (χ1n) is 5.48. The molecule has 4 N–H and O–H groups in total. The van der Waals surface area contributed by atoms with Crippen LogP contribution in [0.2, 0.25) is 0 Å². The van der Waals surface area contributed by atoms with Crippen LogP contribution in [0.4, 0.5) is 0 Å². The molecule has 0 aliphatic carbocycles. The maximum atomic E-state index is 11.7. The fourth-order valence-electron chi connectivity index (χ4n) is 1.15. The predicted octanol–water partition coefficient (Wildman–Crippen LogP) is -0.0343. The molecule has 2 unspecified atom stereocenters. The number of carboxylic acids is 1. The first-order valence-corrected chi connectivity index (χ1v) is 5.48. The Morgan fingerprint density at radius 2 is 1.94 bits per heavy atom. The second kappa shape index (κ2) is 6.56. The van der Waals surface area contributed by atoms with E-state index in [1.165, 1.54) is 7.11 Å². The van der Waals surface area contributed by atoms with Crippen LogP contribution in [0.1, 0.15) is 27.2 Å². The van der Waals surface area contributed by atoms with Crippen LogP contribution >= 0.6 is 0 Å². The fraction of sp³-hybridized carbons (Fsp3) is 0.818. The molecule has 0 heterocycles. The van der Waals surface area contributed by atoms with Gasteiger partial charge in [-0.2, -0.15) is 0 Å². The number of aliphatic carboxylic acids is 1. The minimum Gasteiger partial charge on any atom is -0.480 e. The van der Waals surface area contributed by atoms with Crippen molar-refractivity contribution in [2.45, 2.75) is 39.3 Å². The molecule has 2 atom stereocenters. The first kappa shape index (κ1) is 15.9. The minimum atomic E-state index is -1.09. The van der Waals surface area contributed by atoms with Crippen LogP contribution in [0.3, 0.4) is 0 Å². The van der Waals surface area contributed by atoms with E-state index in [2.05, 4.69) is 5.32 Å². The average molecular weight is 246 g/mol. The summed E-state index contributed by atoms with van der Waals surface area (Å²) in [5, 5.41) is 11.3. The van der Waals surface area contributed by atoms with Crippen LogP contribution in [0.5, 0.6) is 0 Å². The first-order chi connectivity index (χ1) is 7.70. The van der Waals surface area contributed by atoms with Crippen molar-refractivity contribution in [3.8, 4) is 0 Å². The van der Waals surface area contributed by atoms with Gasteiger partial charge in [0.2, 0.25) is 5.91 Å². The van der Waals surface area contributed by atoms with Crippen molar-refractivity contribution in [2.75, 3.05) is 13.7 Å². The highest BCUT2D eigenvalue weighted by Crippen LogP contribution is 2.17. The van der Waals surface area contributed by atoms with Crippen molar-refractivity contribution < 1.29 is 19.4 Å². The molecule has 1 amide bonds. The summed E-state index contributed by atoms with van der Waals surface area (Å²) in [6.07, 6.45) is 0.217. The van der Waals surface area contributed by atoms with Crippen LogP contribution in [0.15, 0.2) is 0 Å². The number of rotatable bonds is 6. The van der Waals surface area contributed by atoms with Crippen LogP contribution in [0, 0.1) is 5.41 Å². The zero-order valence-electron chi connectivity index (χ0n) is 10.8. The van der Waals surface area contributed by atoms with E-state index in [-0.39, 0.29) is 13.0 Å². The number of ether oxygens (including phenoxy) is 1. The monoisotopic (exact) mass is 246 g/mol. The molecular weight excluding hydrogens is 224 g/mol.